The van der Waals surface area contributed by atoms with E-state index < -0.39 is 18.3 Å². The number of carbonyl (C=O) groups is 1. The number of ether oxygens (including phenoxy) is 1. The first-order valence-electron chi connectivity index (χ1n) is 9.00. The zero-order chi connectivity index (χ0) is 19.9. The number of anilines is 1. The molecule has 0 fully saturated rings. The third kappa shape index (κ3) is 4.76. The van der Waals surface area contributed by atoms with Crippen molar-refractivity contribution in [3.63, 3.8) is 0 Å². The molecule has 0 aliphatic carbocycles. The minimum absolute atomic E-state index is 0.153. The molecule has 146 valence electrons. The van der Waals surface area contributed by atoms with E-state index in [2.05, 4.69) is 10.3 Å². The van der Waals surface area contributed by atoms with Gasteiger partial charge in [0.1, 0.15) is 18.5 Å². The van der Waals surface area contributed by atoms with Gasteiger partial charge in [-0.25, -0.2) is 9.78 Å². The van der Waals surface area contributed by atoms with Gasteiger partial charge in [0.25, 0.3) is 0 Å². The molecule has 0 saturated carbocycles. The number of nitrogens with two attached hydrogens (primary N) is 1. The Kier molecular flexibility index (Phi) is 6.41. The Hall–Kier alpha value is -3.16. The third-order valence-electron chi connectivity index (χ3n) is 4.46. The van der Waals surface area contributed by atoms with Gasteiger partial charge in [-0.15, -0.1) is 0 Å². The van der Waals surface area contributed by atoms with Crippen LogP contribution in [0.3, 0.4) is 0 Å². The number of pyridine rings is 1. The van der Waals surface area contributed by atoms with Crippen molar-refractivity contribution in [2.75, 3.05) is 12.3 Å². The number of nitrogen functional groups attached to an aromatic ring is 1. The lowest BCUT2D eigenvalue weighted by Gasteiger charge is -2.20. The third-order valence-corrected chi connectivity index (χ3v) is 4.46. The van der Waals surface area contributed by atoms with Gasteiger partial charge in [0.15, 0.2) is 0 Å². The molecule has 2 aromatic carbocycles. The molecule has 1 aromatic heterocycles. The van der Waals surface area contributed by atoms with Crippen molar-refractivity contribution >= 4 is 22.7 Å². The summed E-state index contributed by atoms with van der Waals surface area (Å²) < 4.78 is 5.11. The van der Waals surface area contributed by atoms with Crippen LogP contribution in [0.25, 0.3) is 10.8 Å². The largest absolute Gasteiger partial charge is 0.445 e. The number of alkyl carbamates (subject to hydrolysis) is 1. The van der Waals surface area contributed by atoms with Crippen molar-refractivity contribution < 1.29 is 19.7 Å². The van der Waals surface area contributed by atoms with Gasteiger partial charge in [0, 0.05) is 23.7 Å². The normalized spacial score (nSPS) is 13.1. The monoisotopic (exact) mass is 381 g/mol. The number of hydrogen-bond acceptors (Lipinski definition) is 6. The number of amides is 1. The second-order valence-electron chi connectivity index (χ2n) is 6.43. The van der Waals surface area contributed by atoms with Crippen LogP contribution in [-0.2, 0) is 11.3 Å². The highest BCUT2D eigenvalue weighted by molar-refractivity contribution is 5.93. The highest BCUT2D eigenvalue weighted by atomic mass is 16.5. The Labute approximate surface area is 162 Å². The maximum Gasteiger partial charge on any atom is 0.407 e. The van der Waals surface area contributed by atoms with Crippen LogP contribution in [0.1, 0.15) is 23.7 Å². The summed E-state index contributed by atoms with van der Waals surface area (Å²) in [6.45, 7) is 0.327. The zero-order valence-electron chi connectivity index (χ0n) is 15.3. The lowest BCUT2D eigenvalue weighted by atomic mass is 9.98. The molecule has 0 aliphatic heterocycles. The predicted molar refractivity (Wildman–Crippen MR) is 106 cm³/mol. The van der Waals surface area contributed by atoms with Gasteiger partial charge in [0.05, 0.1) is 6.10 Å². The molecule has 3 aromatic rings. The van der Waals surface area contributed by atoms with Gasteiger partial charge in [-0.3, -0.25) is 0 Å². The number of carbonyl (C=O) groups excluding carboxylic acids is 1. The first-order chi connectivity index (χ1) is 13.6. The van der Waals surface area contributed by atoms with Gasteiger partial charge in [-0.1, -0.05) is 54.6 Å². The SMILES string of the molecule is Nc1ncc(C(O)C(O)CCNC(=O)OCc2ccccc2)c2ccccc12. The molecule has 7 nitrogen and oxygen atoms in total. The molecular weight excluding hydrogens is 358 g/mol. The molecule has 0 aliphatic rings. The fraction of sp³-hybridized carbons (Fsp3) is 0.238. The summed E-state index contributed by atoms with van der Waals surface area (Å²) in [5.74, 6) is 0.365. The van der Waals surface area contributed by atoms with Crippen LogP contribution in [0.5, 0.6) is 0 Å². The molecule has 2 unspecified atom stereocenters. The van der Waals surface area contributed by atoms with E-state index in [9.17, 15) is 15.0 Å². The van der Waals surface area contributed by atoms with Crippen LogP contribution in [0.15, 0.2) is 60.8 Å². The average Bonchev–Trinajstić information content (AvgIpc) is 2.73. The maximum atomic E-state index is 11.7. The van der Waals surface area contributed by atoms with Crippen molar-refractivity contribution in [3.8, 4) is 0 Å². The maximum absolute atomic E-state index is 11.7. The molecule has 0 radical (unpaired) electrons. The molecular formula is C21H23N3O4. The summed E-state index contributed by atoms with van der Waals surface area (Å²) in [6, 6.07) is 16.6. The lowest BCUT2D eigenvalue weighted by molar-refractivity contribution is 0.0143. The number of nitrogens with zero attached hydrogens (tertiary/aromatic N) is 1. The van der Waals surface area contributed by atoms with E-state index in [0.717, 1.165) is 10.9 Å². The van der Waals surface area contributed by atoms with Crippen molar-refractivity contribution in [2.45, 2.75) is 25.2 Å². The van der Waals surface area contributed by atoms with E-state index in [1.807, 2.05) is 54.6 Å². The molecule has 0 saturated heterocycles. The first kappa shape index (κ1) is 19.6. The van der Waals surface area contributed by atoms with E-state index in [1.54, 1.807) is 0 Å². The fourth-order valence-electron chi connectivity index (χ4n) is 2.93. The highest BCUT2D eigenvalue weighted by Gasteiger charge is 2.21. The van der Waals surface area contributed by atoms with Gasteiger partial charge < -0.3 is 26.0 Å². The Balaban J connectivity index is 1.52. The summed E-state index contributed by atoms with van der Waals surface area (Å²) >= 11 is 0. The number of rotatable bonds is 7. The van der Waals surface area contributed by atoms with Gasteiger partial charge in [-0.2, -0.15) is 0 Å². The minimum atomic E-state index is -1.15. The number of aliphatic hydroxyl groups excluding tert-OH is 2. The molecule has 1 heterocycles. The van der Waals surface area contributed by atoms with Crippen LogP contribution < -0.4 is 11.1 Å². The Bertz CT molecular complexity index is 933. The summed E-state index contributed by atoms with van der Waals surface area (Å²) in [5, 5.41) is 24.9. The molecule has 28 heavy (non-hydrogen) atoms. The van der Waals surface area contributed by atoms with E-state index >= 15 is 0 Å². The van der Waals surface area contributed by atoms with Gasteiger partial charge in [-0.05, 0) is 17.4 Å². The summed E-state index contributed by atoms with van der Waals surface area (Å²) in [4.78, 5) is 15.8. The smallest absolute Gasteiger partial charge is 0.407 e. The zero-order valence-corrected chi connectivity index (χ0v) is 15.3. The molecule has 1 amide bonds. The van der Waals surface area contributed by atoms with Gasteiger partial charge >= 0.3 is 6.09 Å². The van der Waals surface area contributed by atoms with Crippen LogP contribution in [0.2, 0.25) is 0 Å². The van der Waals surface area contributed by atoms with Gasteiger partial charge in [0.2, 0.25) is 0 Å². The number of fused-ring (bicyclic) bond motifs is 1. The summed E-state index contributed by atoms with van der Waals surface area (Å²) in [7, 11) is 0. The van der Waals surface area contributed by atoms with Crippen molar-refractivity contribution in [3.05, 3.63) is 71.9 Å². The van der Waals surface area contributed by atoms with Crippen molar-refractivity contribution in [1.29, 1.82) is 0 Å². The molecule has 0 bridgehead atoms. The minimum Gasteiger partial charge on any atom is -0.445 e. The number of aliphatic hydroxyl groups is 2. The fourth-order valence-corrected chi connectivity index (χ4v) is 2.93. The van der Waals surface area contributed by atoms with Crippen LogP contribution >= 0.6 is 0 Å². The predicted octanol–water partition coefficient (Wildman–Crippen LogP) is 2.53. The van der Waals surface area contributed by atoms with E-state index in [0.29, 0.717) is 16.8 Å². The number of aromatic nitrogens is 1. The first-order valence-corrected chi connectivity index (χ1v) is 9.00. The molecule has 0 spiro atoms. The quantitative estimate of drug-likeness (QED) is 0.500. The topological polar surface area (TPSA) is 118 Å². The van der Waals surface area contributed by atoms with E-state index in [-0.39, 0.29) is 19.6 Å². The van der Waals surface area contributed by atoms with Crippen LogP contribution in [0.4, 0.5) is 10.6 Å². The van der Waals surface area contributed by atoms with E-state index in [1.165, 1.54) is 6.20 Å². The lowest BCUT2D eigenvalue weighted by Crippen LogP contribution is -2.29. The molecule has 5 N–H and O–H groups in total. The Morgan fingerprint density at radius 3 is 2.50 bits per heavy atom. The Morgan fingerprint density at radius 1 is 1.07 bits per heavy atom. The summed E-state index contributed by atoms with van der Waals surface area (Å²) in [5.41, 5.74) is 7.24. The highest BCUT2D eigenvalue weighted by Crippen LogP contribution is 2.29. The van der Waals surface area contributed by atoms with E-state index in [4.69, 9.17) is 10.5 Å². The Morgan fingerprint density at radius 2 is 1.75 bits per heavy atom. The molecule has 7 heteroatoms. The van der Waals surface area contributed by atoms with Crippen LogP contribution in [-0.4, -0.2) is 33.9 Å². The second kappa shape index (κ2) is 9.16. The average molecular weight is 381 g/mol. The van der Waals surface area contributed by atoms with Crippen molar-refractivity contribution in [1.82, 2.24) is 10.3 Å². The molecule has 3 rings (SSSR count). The standard InChI is InChI=1S/C21H23N3O4/c22-20-16-9-5-4-8-15(16)17(12-24-20)19(26)18(25)10-11-23-21(27)28-13-14-6-2-1-3-7-14/h1-9,12,18-19,25-26H,10-11,13H2,(H2,22,24)(H,23,27). The molecule has 2 atom stereocenters. The summed E-state index contributed by atoms with van der Waals surface area (Å²) in [6.07, 6.45) is -1.19. The second-order valence-corrected chi connectivity index (χ2v) is 6.43. The van der Waals surface area contributed by atoms with Crippen LogP contribution in [0, 0.1) is 0 Å². The number of hydrogen-bond donors (Lipinski definition) is 4. The number of nitrogens with one attached hydrogen (secondary N) is 1. The number of benzene rings is 2. The van der Waals surface area contributed by atoms with Crippen molar-refractivity contribution in [2.24, 2.45) is 0 Å².